The van der Waals surface area contributed by atoms with Gasteiger partial charge in [-0.3, -0.25) is 4.79 Å². The smallest absolute Gasteiger partial charge is 0.338 e. The third-order valence-electron chi connectivity index (χ3n) is 5.47. The molecule has 1 aromatic rings. The third-order valence-corrected chi connectivity index (χ3v) is 5.71. The van der Waals surface area contributed by atoms with Gasteiger partial charge in [0.25, 0.3) is 0 Å². The molecule has 3 aliphatic rings. The lowest BCUT2D eigenvalue weighted by Crippen LogP contribution is -2.51. The van der Waals surface area contributed by atoms with Gasteiger partial charge in [0, 0.05) is 22.3 Å². The Morgan fingerprint density at radius 2 is 2.00 bits per heavy atom. The molecule has 3 aliphatic heterocycles. The second-order valence-corrected chi connectivity index (χ2v) is 8.29. The first-order chi connectivity index (χ1) is 13.1. The molecule has 1 amide bonds. The van der Waals surface area contributed by atoms with E-state index in [0.29, 0.717) is 22.0 Å². The first-order valence-electron chi connectivity index (χ1n) is 8.87. The topological polar surface area (TPSA) is 108 Å². The molecule has 0 radical (unpaired) electrons. The van der Waals surface area contributed by atoms with Gasteiger partial charge in [-0.2, -0.15) is 5.26 Å². The number of amides is 1. The van der Waals surface area contributed by atoms with Gasteiger partial charge in [0.05, 0.1) is 16.8 Å². The molecular weight excluding hydrogens is 380 g/mol. The van der Waals surface area contributed by atoms with E-state index in [0.717, 1.165) is 0 Å². The molecule has 7 nitrogen and oxygen atoms in total. The van der Waals surface area contributed by atoms with Crippen LogP contribution in [-0.4, -0.2) is 23.5 Å². The Kier molecular flexibility index (Phi) is 3.62. The second-order valence-electron chi connectivity index (χ2n) is 7.86. The van der Waals surface area contributed by atoms with Crippen molar-refractivity contribution in [3.8, 4) is 6.07 Å². The van der Waals surface area contributed by atoms with Crippen LogP contribution >= 0.6 is 11.6 Å². The number of nitrogens with zero attached hydrogens (tertiary/aromatic N) is 2. The zero-order valence-corrected chi connectivity index (χ0v) is 16.6. The van der Waals surface area contributed by atoms with Crippen LogP contribution in [0.4, 0.5) is 5.69 Å². The van der Waals surface area contributed by atoms with Crippen LogP contribution in [0.5, 0.6) is 0 Å². The first-order valence-corrected chi connectivity index (χ1v) is 9.24. The van der Waals surface area contributed by atoms with Crippen LogP contribution < -0.4 is 16.0 Å². The molecule has 144 valence electrons. The number of nitrogens with one attached hydrogen (secondary N) is 1. The number of hydrogen-bond acceptors (Lipinski definition) is 6. The summed E-state index contributed by atoms with van der Waals surface area (Å²) in [5.41, 5.74) is 4.99. The zero-order chi connectivity index (χ0) is 20.6. The monoisotopic (exact) mass is 398 g/mol. The quantitative estimate of drug-likeness (QED) is 0.702. The fourth-order valence-corrected chi connectivity index (χ4v) is 4.55. The molecule has 4 rings (SSSR count). The lowest BCUT2D eigenvalue weighted by atomic mass is 9.67. The van der Waals surface area contributed by atoms with Gasteiger partial charge in [-0.05, 0) is 45.9 Å². The summed E-state index contributed by atoms with van der Waals surface area (Å²) in [6, 6.07) is 6.87. The maximum Gasteiger partial charge on any atom is 0.338 e. The second kappa shape index (κ2) is 5.52. The van der Waals surface area contributed by atoms with Gasteiger partial charge < -0.3 is 20.7 Å². The molecule has 1 atom stereocenters. The van der Waals surface area contributed by atoms with E-state index >= 15 is 0 Å². The van der Waals surface area contributed by atoms with Crippen LogP contribution in [0.1, 0.15) is 33.3 Å². The fourth-order valence-electron chi connectivity index (χ4n) is 4.38. The molecule has 0 fully saturated rings. The van der Waals surface area contributed by atoms with Crippen molar-refractivity contribution in [2.45, 2.75) is 44.8 Å². The Hall–Kier alpha value is -2.98. The molecule has 0 saturated heterocycles. The molecule has 0 bridgehead atoms. The van der Waals surface area contributed by atoms with Crippen molar-refractivity contribution in [1.82, 2.24) is 5.32 Å². The average Bonchev–Trinajstić information content (AvgIpc) is 2.97. The van der Waals surface area contributed by atoms with Crippen LogP contribution in [-0.2, 0) is 19.7 Å². The van der Waals surface area contributed by atoms with Crippen molar-refractivity contribution in [2.24, 2.45) is 5.73 Å². The van der Waals surface area contributed by atoms with Gasteiger partial charge in [-0.15, -0.1) is 0 Å². The highest BCUT2D eigenvalue weighted by Gasteiger charge is 2.65. The summed E-state index contributed by atoms with van der Waals surface area (Å²) in [7, 11) is 0. The van der Waals surface area contributed by atoms with E-state index in [4.69, 9.17) is 22.1 Å². The molecule has 0 aliphatic carbocycles. The number of rotatable bonds is 1. The van der Waals surface area contributed by atoms with Crippen molar-refractivity contribution in [1.29, 1.82) is 5.26 Å². The number of fused-ring (bicyclic) bond motifs is 3. The number of anilines is 1. The molecular formula is C20H19ClN4O3. The third kappa shape index (κ3) is 1.98. The van der Waals surface area contributed by atoms with Crippen LogP contribution in [0.15, 0.2) is 40.9 Å². The maximum atomic E-state index is 13.9. The van der Waals surface area contributed by atoms with Gasteiger partial charge in [-0.25, -0.2) is 4.79 Å². The van der Waals surface area contributed by atoms with E-state index in [1.807, 2.05) is 13.8 Å². The highest BCUT2D eigenvalue weighted by Crippen LogP contribution is 2.57. The normalized spacial score (nSPS) is 25.1. The van der Waals surface area contributed by atoms with Crippen LogP contribution in [0.25, 0.3) is 0 Å². The summed E-state index contributed by atoms with van der Waals surface area (Å²) >= 11 is 6.26. The minimum absolute atomic E-state index is 0.0255. The summed E-state index contributed by atoms with van der Waals surface area (Å²) in [4.78, 5) is 28.4. The first kappa shape index (κ1) is 18.4. The largest absolute Gasteiger partial charge is 0.450 e. The number of carbonyl (C=O) groups is 2. The van der Waals surface area contributed by atoms with Crippen molar-refractivity contribution in [3.63, 3.8) is 0 Å². The molecule has 1 aromatic carbocycles. The van der Waals surface area contributed by atoms with Crippen LogP contribution in [0.2, 0.25) is 5.02 Å². The van der Waals surface area contributed by atoms with Gasteiger partial charge >= 0.3 is 5.97 Å². The van der Waals surface area contributed by atoms with Gasteiger partial charge in [0.2, 0.25) is 5.91 Å². The number of nitriles is 1. The standard InChI is InChI=1S/C20H19ClN4O3/c1-9(2)25-13-6-5-10(21)7-11(13)20(18(25)27)12(8-22)16(23)24-15-14(20)17(26)28-19(15,3)4/h5-7,9,24H,23H2,1-4H3/t20-/m0/s1. The van der Waals surface area contributed by atoms with Crippen molar-refractivity contribution in [3.05, 3.63) is 51.4 Å². The molecule has 0 unspecified atom stereocenters. The Labute approximate surface area is 167 Å². The average molecular weight is 399 g/mol. The minimum atomic E-state index is -1.69. The van der Waals surface area contributed by atoms with Crippen molar-refractivity contribution < 1.29 is 14.3 Å². The molecule has 1 spiro atoms. The lowest BCUT2D eigenvalue weighted by molar-refractivity contribution is -0.145. The Balaban J connectivity index is 2.18. The SMILES string of the molecule is CC(C)N1C(=O)[C@]2(C(C#N)=C(N)NC3=C2C(=O)OC3(C)C)c2cc(Cl)ccc21. The fraction of sp³-hybridized carbons (Fsp3) is 0.350. The van der Waals surface area contributed by atoms with E-state index in [1.165, 1.54) is 0 Å². The van der Waals surface area contributed by atoms with E-state index in [9.17, 15) is 14.9 Å². The number of nitrogens with two attached hydrogens (primary N) is 1. The molecule has 3 N–H and O–H groups in total. The van der Waals surface area contributed by atoms with E-state index < -0.39 is 22.9 Å². The van der Waals surface area contributed by atoms with Gasteiger partial charge in [0.1, 0.15) is 22.9 Å². The molecule has 0 saturated carbocycles. The highest BCUT2D eigenvalue weighted by molar-refractivity contribution is 6.31. The van der Waals surface area contributed by atoms with E-state index in [1.54, 1.807) is 36.9 Å². The number of cyclic esters (lactones) is 1. The summed E-state index contributed by atoms with van der Waals surface area (Å²) in [6.07, 6.45) is 0. The van der Waals surface area contributed by atoms with E-state index in [-0.39, 0.29) is 23.0 Å². The van der Waals surface area contributed by atoms with Crippen molar-refractivity contribution >= 4 is 29.2 Å². The van der Waals surface area contributed by atoms with Gasteiger partial charge in [-0.1, -0.05) is 11.6 Å². The molecule has 8 heteroatoms. The number of esters is 1. The summed E-state index contributed by atoms with van der Waals surface area (Å²) < 4.78 is 5.54. The number of carbonyl (C=O) groups excluding carboxylic acids is 2. The number of benzene rings is 1. The van der Waals surface area contributed by atoms with Crippen molar-refractivity contribution in [2.75, 3.05) is 4.90 Å². The van der Waals surface area contributed by atoms with Gasteiger partial charge in [0.15, 0.2) is 0 Å². The number of ether oxygens (including phenoxy) is 1. The summed E-state index contributed by atoms with van der Waals surface area (Å²) in [6.45, 7) is 7.14. The van der Waals surface area contributed by atoms with E-state index in [2.05, 4.69) is 11.4 Å². The number of hydrogen-bond donors (Lipinski definition) is 2. The highest BCUT2D eigenvalue weighted by atomic mass is 35.5. The Morgan fingerprint density at radius 3 is 2.61 bits per heavy atom. The molecule has 28 heavy (non-hydrogen) atoms. The molecule has 3 heterocycles. The minimum Gasteiger partial charge on any atom is -0.450 e. The van der Waals surface area contributed by atoms with Crippen LogP contribution in [0.3, 0.4) is 0 Å². The lowest BCUT2D eigenvalue weighted by Gasteiger charge is -2.35. The van der Waals surface area contributed by atoms with Crippen LogP contribution in [0, 0.1) is 11.3 Å². The number of halogens is 1. The predicted octanol–water partition coefficient (Wildman–Crippen LogP) is 2.22. The Bertz CT molecular complexity index is 1060. The zero-order valence-electron chi connectivity index (χ0n) is 15.9. The summed E-state index contributed by atoms with van der Waals surface area (Å²) in [5, 5.41) is 13.3. The Morgan fingerprint density at radius 1 is 1.32 bits per heavy atom. The summed E-state index contributed by atoms with van der Waals surface area (Å²) in [5.74, 6) is -1.04. The maximum absolute atomic E-state index is 13.9. The molecule has 0 aromatic heterocycles. The predicted molar refractivity (Wildman–Crippen MR) is 103 cm³/mol. The number of dihydropyridines is 1.